The monoisotopic (exact) mass is 1020 g/mol. The van der Waals surface area contributed by atoms with Crippen LogP contribution in [0.25, 0.3) is 0 Å². The van der Waals surface area contributed by atoms with Crippen molar-refractivity contribution in [3.05, 3.63) is 127 Å². The molecule has 2 atom stereocenters. The molecule has 6 N–H and O–H groups in total. The van der Waals surface area contributed by atoms with E-state index < -0.39 is 51.9 Å². The van der Waals surface area contributed by atoms with Crippen molar-refractivity contribution in [2.75, 3.05) is 22.1 Å². The average molecular weight is 1020 g/mol. The predicted octanol–water partition coefficient (Wildman–Crippen LogP) is 7.47. The molecule has 62 heavy (non-hydrogen) atoms. The molecule has 0 saturated carbocycles. The molecule has 8 rings (SSSR count). The number of hydrogen-bond donors (Lipinski definition) is 3. The number of nitrogens with two attached hydrogens (primary N) is 3. The van der Waals surface area contributed by atoms with E-state index in [0.29, 0.717) is 35.7 Å². The number of esters is 1. The van der Waals surface area contributed by atoms with Gasteiger partial charge in [0, 0.05) is 42.6 Å². The van der Waals surface area contributed by atoms with Crippen LogP contribution in [0.4, 0.5) is 20.2 Å². The smallest absolute Gasteiger partial charge is 0.338 e. The number of amides is 1. The van der Waals surface area contributed by atoms with Crippen molar-refractivity contribution in [2.24, 2.45) is 21.5 Å². The Kier molecular flexibility index (Phi) is 13.1. The third kappa shape index (κ3) is 8.77. The number of aliphatic imine (C=N–C) groups is 2. The number of halogens is 4. The molecule has 0 spiro atoms. The lowest BCUT2D eigenvalue weighted by Crippen LogP contribution is -2.55. The van der Waals surface area contributed by atoms with E-state index in [9.17, 15) is 35.2 Å². The van der Waals surface area contributed by atoms with Crippen molar-refractivity contribution in [2.45, 2.75) is 82.7 Å². The third-order valence-electron chi connectivity index (χ3n) is 11.4. The molecule has 0 aliphatic carbocycles. The molecule has 332 valence electrons. The van der Waals surface area contributed by atoms with E-state index in [4.69, 9.17) is 21.9 Å². The van der Waals surface area contributed by atoms with Crippen molar-refractivity contribution in [3.63, 3.8) is 0 Å². The second-order valence-electron chi connectivity index (χ2n) is 16.6. The summed E-state index contributed by atoms with van der Waals surface area (Å²) >= 11 is 6.72. The first-order valence-corrected chi connectivity index (χ1v) is 23.6. The molecule has 0 aromatic heterocycles. The fourth-order valence-electron chi connectivity index (χ4n) is 7.21. The number of sulfone groups is 2. The first-order chi connectivity index (χ1) is 28.1. The SMILES string of the molecule is C.CC1(C)C(N)=N[C@](C)(c2cc(N)ccc2F)CS1(=O)=O.CC1(C)C(N)=N[C@](C)(c2cc(N3Cc4cc(Br)ccc4C3=O)ccc2F)CS1(=O)=O.O=C1OCc2cc(Br)ccc21. The standard InChI is InChI=1S/C21H21BrFN3O3S.C13H18FN3O2S.C8H5BrO2.CH4/c1-20(2)19(24)25-21(3,11-30(20,28)29)16-9-14(5-7-17(16)23)26-10-12-8-13(22)4-6-15(12)18(26)27;1-12(2)11(16)17-13(3,7-20(12,18)19)9-6-8(15)4-5-10(9)14;9-6-1-2-7-5(3-6)4-11-8(7)10;/h4-9H,10-11H2,1-3H3,(H2,24,25);4-6H,7,15H2,1-3H3,(H2,16,17);1-3H,4H2;1H4/t21-;13-;;/m00../s1. The third-order valence-corrected chi connectivity index (χ3v) is 17.8. The molecule has 0 fully saturated rings. The van der Waals surface area contributed by atoms with Gasteiger partial charge >= 0.3 is 5.97 Å². The van der Waals surface area contributed by atoms with Crippen molar-refractivity contribution in [3.8, 4) is 0 Å². The Morgan fingerprint density at radius 1 is 0.661 bits per heavy atom. The van der Waals surface area contributed by atoms with E-state index in [2.05, 4.69) is 41.8 Å². The number of ether oxygens (including phenoxy) is 1. The highest BCUT2D eigenvalue weighted by Gasteiger charge is 2.51. The molecule has 0 unspecified atom stereocenters. The van der Waals surface area contributed by atoms with E-state index in [1.54, 1.807) is 32.0 Å². The van der Waals surface area contributed by atoms with Crippen LogP contribution in [-0.4, -0.2) is 61.4 Å². The molecule has 0 bridgehead atoms. The minimum Gasteiger partial charge on any atom is -0.457 e. The molecular weight excluding hydrogens is 974 g/mol. The number of hydrogen-bond acceptors (Lipinski definition) is 12. The number of amidine groups is 2. The summed E-state index contributed by atoms with van der Waals surface area (Å²) in [5.41, 5.74) is 18.9. The molecular formula is C43H48Br2F2N6O7S2. The summed E-state index contributed by atoms with van der Waals surface area (Å²) < 4.78 is 83.4. The van der Waals surface area contributed by atoms with Gasteiger partial charge in [-0.15, -0.1) is 0 Å². The predicted molar refractivity (Wildman–Crippen MR) is 246 cm³/mol. The second-order valence-corrected chi connectivity index (χ2v) is 23.5. The fourth-order valence-corrected chi connectivity index (χ4v) is 11.4. The highest BCUT2D eigenvalue weighted by atomic mass is 79.9. The first kappa shape index (κ1) is 48.3. The number of nitrogen functional groups attached to an aromatic ring is 1. The van der Waals surface area contributed by atoms with Gasteiger partial charge in [-0.05, 0) is 120 Å². The molecule has 4 aromatic rings. The maximum Gasteiger partial charge on any atom is 0.338 e. The second kappa shape index (κ2) is 16.8. The van der Waals surface area contributed by atoms with Crippen LogP contribution in [0.3, 0.4) is 0 Å². The summed E-state index contributed by atoms with van der Waals surface area (Å²) in [6, 6.07) is 19.2. The van der Waals surface area contributed by atoms with Gasteiger partial charge in [0.15, 0.2) is 19.7 Å². The largest absolute Gasteiger partial charge is 0.457 e. The van der Waals surface area contributed by atoms with Gasteiger partial charge in [-0.1, -0.05) is 39.3 Å². The Morgan fingerprint density at radius 2 is 1.13 bits per heavy atom. The van der Waals surface area contributed by atoms with E-state index >= 15 is 0 Å². The Labute approximate surface area is 377 Å². The quantitative estimate of drug-likeness (QED) is 0.136. The number of benzene rings is 4. The molecule has 4 aliphatic rings. The molecule has 0 radical (unpaired) electrons. The fraction of sp³-hybridized carbons (Fsp3) is 0.349. The lowest BCUT2D eigenvalue weighted by Gasteiger charge is -2.38. The van der Waals surface area contributed by atoms with Crippen LogP contribution < -0.4 is 22.1 Å². The van der Waals surface area contributed by atoms with Gasteiger partial charge in [-0.25, -0.2) is 30.4 Å². The van der Waals surface area contributed by atoms with Gasteiger partial charge in [0.1, 0.15) is 50.5 Å². The summed E-state index contributed by atoms with van der Waals surface area (Å²) in [6.07, 6.45) is 0. The van der Waals surface area contributed by atoms with Gasteiger partial charge in [0.2, 0.25) is 0 Å². The van der Waals surface area contributed by atoms with Crippen molar-refractivity contribution < 1.29 is 39.9 Å². The van der Waals surface area contributed by atoms with E-state index in [-0.39, 0.29) is 53.6 Å². The van der Waals surface area contributed by atoms with Gasteiger partial charge in [0.05, 0.1) is 23.6 Å². The molecule has 4 heterocycles. The van der Waals surface area contributed by atoms with E-state index in [1.807, 2.05) is 18.2 Å². The van der Waals surface area contributed by atoms with Crippen molar-refractivity contribution in [1.29, 1.82) is 0 Å². The minimum atomic E-state index is -3.68. The molecule has 4 aromatic carbocycles. The molecule has 13 nitrogen and oxygen atoms in total. The number of carbonyl (C=O) groups is 2. The Balaban J connectivity index is 0.000000194. The number of cyclic esters (lactones) is 1. The van der Waals surface area contributed by atoms with Gasteiger partial charge in [0.25, 0.3) is 5.91 Å². The molecule has 1 amide bonds. The van der Waals surface area contributed by atoms with E-state index in [0.717, 1.165) is 20.1 Å². The number of rotatable bonds is 3. The summed E-state index contributed by atoms with van der Waals surface area (Å²) in [7, 11) is -7.24. The zero-order valence-electron chi connectivity index (χ0n) is 34.0. The Hall–Kier alpha value is -4.72. The number of anilines is 2. The lowest BCUT2D eigenvalue weighted by molar-refractivity contribution is 0.0535. The molecule has 4 aliphatic heterocycles. The van der Waals surface area contributed by atoms with Crippen LogP contribution >= 0.6 is 31.9 Å². The number of nitrogens with zero attached hydrogens (tertiary/aromatic N) is 3. The van der Waals surface area contributed by atoms with E-state index in [1.165, 1.54) is 69.0 Å². The maximum atomic E-state index is 14.9. The van der Waals surface area contributed by atoms with Crippen molar-refractivity contribution >= 4 is 86.5 Å². The zero-order valence-corrected chi connectivity index (χ0v) is 38.8. The number of carbonyl (C=O) groups excluding carboxylic acids is 2. The van der Waals surface area contributed by atoms with Gasteiger partial charge < -0.3 is 26.8 Å². The topological polar surface area (TPSA) is 218 Å². The van der Waals surface area contributed by atoms with Crippen LogP contribution in [0.5, 0.6) is 0 Å². The molecule has 0 saturated heterocycles. The van der Waals surface area contributed by atoms with Gasteiger partial charge in [-0.2, -0.15) is 0 Å². The van der Waals surface area contributed by atoms with Crippen LogP contribution in [0, 0.1) is 11.6 Å². The maximum absolute atomic E-state index is 14.9. The van der Waals surface area contributed by atoms with Crippen molar-refractivity contribution in [1.82, 2.24) is 0 Å². The van der Waals surface area contributed by atoms with Crippen LogP contribution in [0.2, 0.25) is 0 Å². The van der Waals surface area contributed by atoms with Crippen LogP contribution in [-0.2, 0) is 48.6 Å². The zero-order chi connectivity index (χ0) is 45.2. The Morgan fingerprint density at radius 3 is 1.65 bits per heavy atom. The number of fused-ring (bicyclic) bond motifs is 2. The normalized spacial score (nSPS) is 23.4. The summed E-state index contributed by atoms with van der Waals surface area (Å²) in [6.45, 7) is 9.82. The highest BCUT2D eigenvalue weighted by molar-refractivity contribution is 9.10. The minimum absolute atomic E-state index is 0. The average Bonchev–Trinajstić information content (AvgIpc) is 3.68. The van der Waals surface area contributed by atoms with Crippen LogP contribution in [0.15, 0.2) is 91.7 Å². The van der Waals surface area contributed by atoms with Crippen LogP contribution in [0.1, 0.15) is 91.9 Å². The highest BCUT2D eigenvalue weighted by Crippen LogP contribution is 2.41. The van der Waals surface area contributed by atoms with Gasteiger partial charge in [-0.3, -0.25) is 14.8 Å². The molecule has 19 heteroatoms. The summed E-state index contributed by atoms with van der Waals surface area (Å²) in [5, 5.41) is 0. The summed E-state index contributed by atoms with van der Waals surface area (Å²) in [4.78, 5) is 34.0. The summed E-state index contributed by atoms with van der Waals surface area (Å²) in [5.74, 6) is -2.33. The first-order valence-electron chi connectivity index (χ1n) is 18.7. The lowest BCUT2D eigenvalue weighted by atomic mass is 9.92. The Bertz CT molecular complexity index is 2800.